The van der Waals surface area contributed by atoms with Crippen molar-refractivity contribution in [3.8, 4) is 5.75 Å². The molecule has 1 aromatic rings. The number of nitrogens with one attached hydrogen (secondary N) is 1. The minimum atomic E-state index is 0.0713. The molecular formula is C14H22N2O2S. The number of hydrogen-bond acceptors (Lipinski definition) is 4. The second-order valence-corrected chi connectivity index (χ2v) is 5.59. The van der Waals surface area contributed by atoms with Crippen molar-refractivity contribution in [2.75, 3.05) is 18.1 Å². The molecule has 0 fully saturated rings. The van der Waals surface area contributed by atoms with Gasteiger partial charge in [0.2, 0.25) is 5.91 Å². The first kappa shape index (κ1) is 15.7. The summed E-state index contributed by atoms with van der Waals surface area (Å²) in [6, 6.07) is 5.79. The lowest BCUT2D eigenvalue weighted by Gasteiger charge is -2.10. The lowest BCUT2D eigenvalue weighted by Crippen LogP contribution is -2.30. The predicted molar refractivity (Wildman–Crippen MR) is 80.6 cm³/mol. The maximum Gasteiger partial charge on any atom is 0.221 e. The number of rotatable bonds is 7. The molecule has 19 heavy (non-hydrogen) atoms. The molecule has 0 aliphatic carbocycles. The zero-order valence-corrected chi connectivity index (χ0v) is 12.5. The van der Waals surface area contributed by atoms with Gasteiger partial charge in [-0.25, -0.2) is 0 Å². The molecule has 0 aliphatic heterocycles. The molecule has 0 unspecified atom stereocenters. The van der Waals surface area contributed by atoms with E-state index < -0.39 is 0 Å². The van der Waals surface area contributed by atoms with Gasteiger partial charge in [0.15, 0.2) is 0 Å². The SMILES string of the molecule is CCOc1ccc(N)c(SCCC(=O)NC(C)C)c1. The standard InChI is InChI=1S/C14H22N2O2S/c1-4-18-11-5-6-12(15)13(9-11)19-8-7-14(17)16-10(2)3/h5-6,9-10H,4,7-8,15H2,1-3H3,(H,16,17). The van der Waals surface area contributed by atoms with E-state index in [-0.39, 0.29) is 11.9 Å². The highest BCUT2D eigenvalue weighted by Gasteiger charge is 2.06. The zero-order valence-electron chi connectivity index (χ0n) is 11.7. The summed E-state index contributed by atoms with van der Waals surface area (Å²) < 4.78 is 5.43. The number of carbonyl (C=O) groups excluding carboxylic acids is 1. The molecule has 0 heterocycles. The molecule has 5 heteroatoms. The van der Waals surface area contributed by atoms with E-state index in [1.807, 2.05) is 39.0 Å². The molecule has 0 aliphatic rings. The average molecular weight is 282 g/mol. The molecule has 3 N–H and O–H groups in total. The largest absolute Gasteiger partial charge is 0.494 e. The second-order valence-electron chi connectivity index (χ2n) is 4.45. The Morgan fingerprint density at radius 1 is 1.47 bits per heavy atom. The first-order valence-corrected chi connectivity index (χ1v) is 7.46. The van der Waals surface area contributed by atoms with E-state index in [4.69, 9.17) is 10.5 Å². The Morgan fingerprint density at radius 2 is 2.21 bits per heavy atom. The highest BCUT2D eigenvalue weighted by Crippen LogP contribution is 2.29. The minimum absolute atomic E-state index is 0.0713. The van der Waals surface area contributed by atoms with Crippen molar-refractivity contribution in [2.45, 2.75) is 38.1 Å². The highest BCUT2D eigenvalue weighted by atomic mass is 32.2. The summed E-state index contributed by atoms with van der Waals surface area (Å²) in [4.78, 5) is 12.5. The van der Waals surface area contributed by atoms with Crippen molar-refractivity contribution in [3.63, 3.8) is 0 Å². The molecule has 4 nitrogen and oxygen atoms in total. The quantitative estimate of drug-likeness (QED) is 0.596. The number of amides is 1. The third-order valence-corrected chi connectivity index (χ3v) is 3.41. The van der Waals surface area contributed by atoms with Crippen molar-refractivity contribution < 1.29 is 9.53 Å². The fourth-order valence-corrected chi connectivity index (χ4v) is 2.49. The number of thioether (sulfide) groups is 1. The van der Waals surface area contributed by atoms with Crippen LogP contribution in [0.25, 0.3) is 0 Å². The van der Waals surface area contributed by atoms with Crippen LogP contribution in [0.3, 0.4) is 0 Å². The Hall–Kier alpha value is -1.36. The number of benzene rings is 1. The van der Waals surface area contributed by atoms with E-state index in [2.05, 4.69) is 5.32 Å². The average Bonchev–Trinajstić information content (AvgIpc) is 2.32. The van der Waals surface area contributed by atoms with E-state index in [1.165, 1.54) is 0 Å². The molecule has 1 amide bonds. The summed E-state index contributed by atoms with van der Waals surface area (Å²) >= 11 is 1.58. The number of hydrogen-bond donors (Lipinski definition) is 2. The van der Waals surface area contributed by atoms with E-state index in [0.717, 1.165) is 16.3 Å². The van der Waals surface area contributed by atoms with Crippen LogP contribution in [-0.2, 0) is 4.79 Å². The summed E-state index contributed by atoms with van der Waals surface area (Å²) in [7, 11) is 0. The van der Waals surface area contributed by atoms with Gasteiger partial charge in [0, 0.05) is 28.8 Å². The third-order valence-electron chi connectivity index (χ3n) is 2.33. The van der Waals surface area contributed by atoms with Gasteiger partial charge in [-0.15, -0.1) is 11.8 Å². The van der Waals surface area contributed by atoms with Gasteiger partial charge < -0.3 is 15.8 Å². The van der Waals surface area contributed by atoms with E-state index in [0.29, 0.717) is 18.8 Å². The van der Waals surface area contributed by atoms with Crippen LogP contribution in [0.5, 0.6) is 5.75 Å². The lowest BCUT2D eigenvalue weighted by molar-refractivity contribution is -0.121. The maximum atomic E-state index is 11.5. The Bertz CT molecular complexity index is 422. The topological polar surface area (TPSA) is 64.3 Å². The smallest absolute Gasteiger partial charge is 0.221 e. The third kappa shape index (κ3) is 5.87. The maximum absolute atomic E-state index is 11.5. The number of nitrogens with two attached hydrogens (primary N) is 1. The van der Waals surface area contributed by atoms with Gasteiger partial charge in [0.05, 0.1) is 6.61 Å². The summed E-state index contributed by atoms with van der Waals surface area (Å²) in [5.41, 5.74) is 6.63. The van der Waals surface area contributed by atoms with Gasteiger partial charge >= 0.3 is 0 Å². The van der Waals surface area contributed by atoms with Crippen LogP contribution in [0.4, 0.5) is 5.69 Å². The van der Waals surface area contributed by atoms with Crippen molar-refractivity contribution in [2.24, 2.45) is 0 Å². The van der Waals surface area contributed by atoms with E-state index in [9.17, 15) is 4.79 Å². The summed E-state index contributed by atoms with van der Waals surface area (Å²) in [6.07, 6.45) is 0.487. The fourth-order valence-electron chi connectivity index (χ4n) is 1.54. The fraction of sp³-hybridized carbons (Fsp3) is 0.500. The van der Waals surface area contributed by atoms with Gasteiger partial charge in [0.1, 0.15) is 5.75 Å². The molecule has 0 saturated heterocycles. The van der Waals surface area contributed by atoms with Gasteiger partial charge in [-0.2, -0.15) is 0 Å². The summed E-state index contributed by atoms with van der Waals surface area (Å²) in [6.45, 7) is 6.48. The van der Waals surface area contributed by atoms with E-state index in [1.54, 1.807) is 11.8 Å². The van der Waals surface area contributed by atoms with Crippen molar-refractivity contribution >= 4 is 23.4 Å². The molecule has 106 valence electrons. The summed E-state index contributed by atoms with van der Waals surface area (Å²) in [5, 5.41) is 2.87. The zero-order chi connectivity index (χ0) is 14.3. The van der Waals surface area contributed by atoms with Gasteiger partial charge in [-0.05, 0) is 39.0 Å². The number of anilines is 1. The molecule has 0 bridgehead atoms. The van der Waals surface area contributed by atoms with Gasteiger partial charge in [-0.3, -0.25) is 4.79 Å². The summed E-state index contributed by atoms with van der Waals surface area (Å²) in [5.74, 6) is 1.59. The lowest BCUT2D eigenvalue weighted by atomic mass is 10.3. The molecule has 1 rings (SSSR count). The Labute approximate surface area is 119 Å². The van der Waals surface area contributed by atoms with Crippen LogP contribution in [-0.4, -0.2) is 24.3 Å². The number of nitrogen functional groups attached to an aromatic ring is 1. The second kappa shape index (κ2) is 7.94. The Balaban J connectivity index is 2.48. The number of ether oxygens (including phenoxy) is 1. The highest BCUT2D eigenvalue weighted by molar-refractivity contribution is 7.99. The first-order chi connectivity index (χ1) is 9.02. The van der Waals surface area contributed by atoms with Crippen LogP contribution in [0, 0.1) is 0 Å². The molecule has 0 spiro atoms. The van der Waals surface area contributed by atoms with Crippen LogP contribution in [0.1, 0.15) is 27.2 Å². The van der Waals surface area contributed by atoms with Crippen molar-refractivity contribution in [3.05, 3.63) is 18.2 Å². The van der Waals surface area contributed by atoms with E-state index >= 15 is 0 Å². The molecule has 0 aromatic heterocycles. The van der Waals surface area contributed by atoms with Crippen molar-refractivity contribution in [1.29, 1.82) is 0 Å². The van der Waals surface area contributed by atoms with Crippen LogP contribution >= 0.6 is 11.8 Å². The van der Waals surface area contributed by atoms with Gasteiger partial charge in [-0.1, -0.05) is 0 Å². The minimum Gasteiger partial charge on any atom is -0.494 e. The van der Waals surface area contributed by atoms with Crippen LogP contribution in [0.2, 0.25) is 0 Å². The molecular weight excluding hydrogens is 260 g/mol. The predicted octanol–water partition coefficient (Wildman–Crippen LogP) is 2.67. The Kier molecular flexibility index (Phi) is 6.56. The van der Waals surface area contributed by atoms with Crippen LogP contribution < -0.4 is 15.8 Å². The molecule has 0 radical (unpaired) electrons. The Morgan fingerprint density at radius 3 is 2.84 bits per heavy atom. The number of carbonyl (C=O) groups is 1. The van der Waals surface area contributed by atoms with Gasteiger partial charge in [0.25, 0.3) is 0 Å². The van der Waals surface area contributed by atoms with Crippen LogP contribution in [0.15, 0.2) is 23.1 Å². The normalized spacial score (nSPS) is 10.5. The molecule has 0 atom stereocenters. The monoisotopic (exact) mass is 282 g/mol. The molecule has 1 aromatic carbocycles. The first-order valence-electron chi connectivity index (χ1n) is 6.47. The van der Waals surface area contributed by atoms with Crippen molar-refractivity contribution in [1.82, 2.24) is 5.32 Å². The molecule has 0 saturated carbocycles.